The summed E-state index contributed by atoms with van der Waals surface area (Å²) in [5.74, 6) is 0.107. The molecular weight excluding hydrogens is 285 g/mol. The number of rotatable bonds is 4. The van der Waals surface area contributed by atoms with Crippen molar-refractivity contribution in [2.45, 2.75) is 39.0 Å². The van der Waals surface area contributed by atoms with Gasteiger partial charge in [-0.05, 0) is 26.8 Å². The minimum Gasteiger partial charge on any atom is -0.468 e. The van der Waals surface area contributed by atoms with Crippen LogP contribution in [-0.4, -0.2) is 29.3 Å². The summed E-state index contributed by atoms with van der Waals surface area (Å²) in [6.07, 6.45) is -3.05. The summed E-state index contributed by atoms with van der Waals surface area (Å²) in [4.78, 5) is 7.85. The topological polar surface area (TPSA) is 72.5 Å². The zero-order valence-electron chi connectivity index (χ0n) is 12.2. The molecule has 0 fully saturated rings. The van der Waals surface area contributed by atoms with Crippen LogP contribution < -0.4 is 15.8 Å². The maximum absolute atomic E-state index is 12.2. The highest BCUT2D eigenvalue weighted by Crippen LogP contribution is 2.20. The van der Waals surface area contributed by atoms with Crippen LogP contribution in [-0.2, 0) is 6.54 Å². The molecule has 21 heavy (non-hydrogen) atoms. The van der Waals surface area contributed by atoms with E-state index in [0.29, 0.717) is 5.56 Å². The van der Waals surface area contributed by atoms with Gasteiger partial charge in [-0.2, -0.15) is 13.2 Å². The Morgan fingerprint density at radius 1 is 1.38 bits per heavy atom. The third-order valence-electron chi connectivity index (χ3n) is 2.15. The third-order valence-corrected chi connectivity index (χ3v) is 2.15. The molecule has 1 rings (SSSR count). The maximum atomic E-state index is 12.2. The fourth-order valence-electron chi connectivity index (χ4n) is 1.42. The number of nitrogens with two attached hydrogens (primary N) is 1. The van der Waals surface area contributed by atoms with E-state index in [2.05, 4.69) is 20.0 Å². The molecule has 0 bridgehead atoms. The molecule has 0 unspecified atom stereocenters. The highest BCUT2D eigenvalue weighted by atomic mass is 19.4. The Balaban J connectivity index is 2.73. The number of aromatic nitrogens is 1. The summed E-state index contributed by atoms with van der Waals surface area (Å²) in [6, 6.07) is 3.19. The maximum Gasteiger partial charge on any atom is 0.422 e. The van der Waals surface area contributed by atoms with Gasteiger partial charge in [0.05, 0.1) is 6.54 Å². The first-order valence-corrected chi connectivity index (χ1v) is 6.28. The Hall–Kier alpha value is -1.99. The molecule has 1 aromatic heterocycles. The number of alkyl halides is 3. The number of ether oxygens (including phenoxy) is 1. The zero-order valence-corrected chi connectivity index (χ0v) is 12.2. The number of aliphatic imine (C=N–C) groups is 1. The standard InChI is InChI=1S/C13H19F3N4O/c1-12(2,3)20-11(17)19-7-9-5-4-6-18-10(9)21-8-13(14,15)16/h4-6H,7-8H2,1-3H3,(H3,17,19,20). The van der Waals surface area contributed by atoms with Gasteiger partial charge in [-0.1, -0.05) is 6.07 Å². The number of nitrogens with zero attached hydrogens (tertiary/aromatic N) is 2. The number of guanidine groups is 1. The highest BCUT2D eigenvalue weighted by Gasteiger charge is 2.29. The fraction of sp³-hybridized carbons (Fsp3) is 0.538. The van der Waals surface area contributed by atoms with Crippen molar-refractivity contribution in [3.63, 3.8) is 0 Å². The zero-order chi connectivity index (χ0) is 16.1. The summed E-state index contributed by atoms with van der Waals surface area (Å²) >= 11 is 0. The molecule has 3 N–H and O–H groups in total. The molecule has 0 aliphatic rings. The molecule has 0 atom stereocenters. The summed E-state index contributed by atoms with van der Waals surface area (Å²) < 4.78 is 41.2. The second-order valence-corrected chi connectivity index (χ2v) is 5.45. The van der Waals surface area contributed by atoms with Crippen LogP contribution in [0, 0.1) is 0 Å². The number of hydrogen-bond acceptors (Lipinski definition) is 3. The minimum absolute atomic E-state index is 0.0793. The van der Waals surface area contributed by atoms with Gasteiger partial charge in [0.1, 0.15) is 0 Å². The summed E-state index contributed by atoms with van der Waals surface area (Å²) in [6.45, 7) is 4.43. The molecule has 1 aromatic rings. The van der Waals surface area contributed by atoms with Crippen LogP contribution >= 0.6 is 0 Å². The molecule has 0 spiro atoms. The quantitative estimate of drug-likeness (QED) is 0.661. The smallest absolute Gasteiger partial charge is 0.422 e. The predicted molar refractivity (Wildman–Crippen MR) is 74.0 cm³/mol. The SMILES string of the molecule is CC(C)(C)NC(N)=NCc1cccnc1OCC(F)(F)F. The Morgan fingerprint density at radius 3 is 2.62 bits per heavy atom. The van der Waals surface area contributed by atoms with Crippen molar-refractivity contribution in [2.24, 2.45) is 10.7 Å². The van der Waals surface area contributed by atoms with Gasteiger partial charge < -0.3 is 15.8 Å². The summed E-state index contributed by atoms with van der Waals surface area (Å²) in [5.41, 5.74) is 5.88. The fourth-order valence-corrected chi connectivity index (χ4v) is 1.42. The van der Waals surface area contributed by atoms with Crippen LogP contribution in [0.25, 0.3) is 0 Å². The lowest BCUT2D eigenvalue weighted by Gasteiger charge is -2.21. The first-order valence-electron chi connectivity index (χ1n) is 6.28. The molecule has 5 nitrogen and oxygen atoms in total. The molecule has 0 aliphatic heterocycles. The molecule has 0 aromatic carbocycles. The monoisotopic (exact) mass is 304 g/mol. The van der Waals surface area contributed by atoms with Crippen molar-refractivity contribution in [1.82, 2.24) is 10.3 Å². The van der Waals surface area contributed by atoms with E-state index in [1.807, 2.05) is 20.8 Å². The Labute approximate surface area is 121 Å². The number of nitrogens with one attached hydrogen (secondary N) is 1. The Kier molecular flexibility index (Phi) is 5.40. The van der Waals surface area contributed by atoms with Gasteiger partial charge >= 0.3 is 6.18 Å². The molecule has 0 saturated heterocycles. The molecule has 118 valence electrons. The minimum atomic E-state index is -4.41. The van der Waals surface area contributed by atoms with E-state index in [0.717, 1.165) is 0 Å². The molecule has 0 radical (unpaired) electrons. The van der Waals surface area contributed by atoms with Crippen molar-refractivity contribution in [3.8, 4) is 5.88 Å². The second-order valence-electron chi connectivity index (χ2n) is 5.45. The Morgan fingerprint density at radius 2 is 2.05 bits per heavy atom. The van der Waals surface area contributed by atoms with E-state index in [1.54, 1.807) is 12.1 Å². The van der Waals surface area contributed by atoms with E-state index in [4.69, 9.17) is 5.73 Å². The first-order chi connectivity index (χ1) is 9.57. The molecule has 0 amide bonds. The molecule has 0 saturated carbocycles. The largest absolute Gasteiger partial charge is 0.468 e. The average molecular weight is 304 g/mol. The van der Waals surface area contributed by atoms with Crippen LogP contribution in [0.15, 0.2) is 23.3 Å². The Bertz CT molecular complexity index is 495. The number of pyridine rings is 1. The van der Waals surface area contributed by atoms with Crippen LogP contribution in [0.4, 0.5) is 13.2 Å². The van der Waals surface area contributed by atoms with Crippen LogP contribution in [0.2, 0.25) is 0 Å². The summed E-state index contributed by atoms with van der Waals surface area (Å²) in [5, 5.41) is 2.95. The molecule has 1 heterocycles. The molecule has 8 heteroatoms. The van der Waals surface area contributed by atoms with E-state index in [9.17, 15) is 13.2 Å². The van der Waals surface area contributed by atoms with Gasteiger partial charge in [0, 0.05) is 17.3 Å². The van der Waals surface area contributed by atoms with Gasteiger partial charge in [-0.25, -0.2) is 9.98 Å². The number of halogens is 3. The number of hydrogen-bond donors (Lipinski definition) is 2. The van der Waals surface area contributed by atoms with Gasteiger partial charge in [-0.15, -0.1) is 0 Å². The van der Waals surface area contributed by atoms with Gasteiger partial charge in [-0.3, -0.25) is 0 Å². The summed E-state index contributed by atoms with van der Waals surface area (Å²) in [7, 11) is 0. The van der Waals surface area contributed by atoms with Crippen LogP contribution in [0.3, 0.4) is 0 Å². The van der Waals surface area contributed by atoms with Crippen molar-refractivity contribution in [3.05, 3.63) is 23.9 Å². The normalized spacial score (nSPS) is 13.1. The molecule has 0 aliphatic carbocycles. The lowest BCUT2D eigenvalue weighted by Crippen LogP contribution is -2.44. The average Bonchev–Trinajstić information content (AvgIpc) is 2.32. The van der Waals surface area contributed by atoms with Crippen LogP contribution in [0.1, 0.15) is 26.3 Å². The van der Waals surface area contributed by atoms with Gasteiger partial charge in [0.2, 0.25) is 5.88 Å². The second kappa shape index (κ2) is 6.64. The van der Waals surface area contributed by atoms with E-state index in [1.165, 1.54) is 6.20 Å². The van der Waals surface area contributed by atoms with E-state index >= 15 is 0 Å². The lowest BCUT2D eigenvalue weighted by molar-refractivity contribution is -0.154. The van der Waals surface area contributed by atoms with Crippen molar-refractivity contribution in [2.75, 3.05) is 6.61 Å². The van der Waals surface area contributed by atoms with E-state index in [-0.39, 0.29) is 23.9 Å². The molecular formula is C13H19F3N4O. The predicted octanol–water partition coefficient (Wildman–Crippen LogP) is 2.23. The van der Waals surface area contributed by atoms with Gasteiger partial charge in [0.15, 0.2) is 12.6 Å². The lowest BCUT2D eigenvalue weighted by atomic mass is 10.1. The van der Waals surface area contributed by atoms with E-state index < -0.39 is 12.8 Å². The highest BCUT2D eigenvalue weighted by molar-refractivity contribution is 5.78. The van der Waals surface area contributed by atoms with Crippen molar-refractivity contribution < 1.29 is 17.9 Å². The van der Waals surface area contributed by atoms with Gasteiger partial charge in [0.25, 0.3) is 0 Å². The first kappa shape index (κ1) is 17.1. The van der Waals surface area contributed by atoms with Crippen molar-refractivity contribution >= 4 is 5.96 Å². The van der Waals surface area contributed by atoms with Crippen LogP contribution in [0.5, 0.6) is 5.88 Å². The third kappa shape index (κ3) is 7.38. The van der Waals surface area contributed by atoms with Crippen molar-refractivity contribution in [1.29, 1.82) is 0 Å².